The van der Waals surface area contributed by atoms with Gasteiger partial charge in [-0.15, -0.1) is 34.0 Å². The van der Waals surface area contributed by atoms with Crippen molar-refractivity contribution in [3.63, 3.8) is 0 Å². The number of aromatic nitrogens is 2. The Hall–Kier alpha value is -1.34. The molecule has 0 N–H and O–H groups in total. The minimum Gasteiger partial charge on any atom is -0.233 e. The van der Waals surface area contributed by atoms with Crippen molar-refractivity contribution in [2.75, 3.05) is 0 Å². The van der Waals surface area contributed by atoms with Gasteiger partial charge in [-0.05, 0) is 23.6 Å². The Labute approximate surface area is 148 Å². The van der Waals surface area contributed by atoms with Gasteiger partial charge in [0.15, 0.2) is 10.0 Å². The lowest BCUT2D eigenvalue weighted by atomic mass is 10.2. The SMILES string of the molecule is Brc1ccc(-c2csc(-c3nc(-c4cccs4)cs3)n2)cc1. The van der Waals surface area contributed by atoms with Crippen molar-refractivity contribution in [3.8, 4) is 31.8 Å². The molecule has 0 amide bonds. The number of rotatable bonds is 3. The Morgan fingerprint density at radius 2 is 1.45 bits per heavy atom. The van der Waals surface area contributed by atoms with Crippen LogP contribution in [0.2, 0.25) is 0 Å². The van der Waals surface area contributed by atoms with Crippen molar-refractivity contribution in [3.05, 3.63) is 57.0 Å². The molecule has 0 aliphatic heterocycles. The van der Waals surface area contributed by atoms with Crippen LogP contribution in [0.1, 0.15) is 0 Å². The summed E-state index contributed by atoms with van der Waals surface area (Å²) >= 11 is 8.46. The van der Waals surface area contributed by atoms with Crippen LogP contribution in [0.25, 0.3) is 31.8 Å². The molecule has 0 fully saturated rings. The molecule has 0 bridgehead atoms. The molecule has 0 saturated carbocycles. The van der Waals surface area contributed by atoms with Crippen LogP contribution >= 0.6 is 49.9 Å². The first kappa shape index (κ1) is 14.3. The van der Waals surface area contributed by atoms with Crippen LogP contribution in [0.5, 0.6) is 0 Å². The monoisotopic (exact) mass is 404 g/mol. The second-order valence-electron chi connectivity index (χ2n) is 4.56. The van der Waals surface area contributed by atoms with Crippen molar-refractivity contribution >= 4 is 49.9 Å². The molecule has 0 saturated heterocycles. The largest absolute Gasteiger partial charge is 0.233 e. The number of nitrogens with zero attached hydrogens (tertiary/aromatic N) is 2. The van der Waals surface area contributed by atoms with Crippen LogP contribution in [-0.2, 0) is 0 Å². The Kier molecular flexibility index (Phi) is 3.92. The molecule has 0 atom stereocenters. The van der Waals surface area contributed by atoms with E-state index < -0.39 is 0 Å². The second kappa shape index (κ2) is 6.04. The normalized spacial score (nSPS) is 11.0. The molecule has 6 heteroatoms. The molecular formula is C16H9BrN2S3. The molecule has 0 radical (unpaired) electrons. The first-order valence-corrected chi connectivity index (χ1v) is 9.94. The minimum absolute atomic E-state index is 0.978. The highest BCUT2D eigenvalue weighted by Gasteiger charge is 2.12. The van der Waals surface area contributed by atoms with Crippen molar-refractivity contribution in [1.29, 1.82) is 0 Å². The molecule has 0 spiro atoms. The molecule has 0 aliphatic rings. The van der Waals surface area contributed by atoms with Gasteiger partial charge in [-0.3, -0.25) is 0 Å². The van der Waals surface area contributed by atoms with Crippen molar-refractivity contribution in [2.24, 2.45) is 0 Å². The summed E-state index contributed by atoms with van der Waals surface area (Å²) in [6.45, 7) is 0. The lowest BCUT2D eigenvalue weighted by Crippen LogP contribution is -1.79. The summed E-state index contributed by atoms with van der Waals surface area (Å²) in [6, 6.07) is 12.4. The van der Waals surface area contributed by atoms with Gasteiger partial charge in [0.25, 0.3) is 0 Å². The molecule has 108 valence electrons. The number of thiazole rings is 2. The van der Waals surface area contributed by atoms with Gasteiger partial charge in [-0.1, -0.05) is 34.1 Å². The predicted octanol–water partition coefficient (Wildman–Crippen LogP) is 6.42. The summed E-state index contributed by atoms with van der Waals surface area (Å²) in [7, 11) is 0. The third-order valence-electron chi connectivity index (χ3n) is 3.10. The molecular weight excluding hydrogens is 396 g/mol. The smallest absolute Gasteiger partial charge is 0.152 e. The van der Waals surface area contributed by atoms with Crippen LogP contribution in [0.4, 0.5) is 0 Å². The zero-order valence-electron chi connectivity index (χ0n) is 11.2. The fourth-order valence-electron chi connectivity index (χ4n) is 2.03. The number of hydrogen-bond donors (Lipinski definition) is 0. The molecule has 3 aromatic heterocycles. The lowest BCUT2D eigenvalue weighted by molar-refractivity contribution is 1.35. The van der Waals surface area contributed by atoms with Gasteiger partial charge in [0, 0.05) is 20.8 Å². The summed E-state index contributed by atoms with van der Waals surface area (Å²) in [4.78, 5) is 10.6. The number of halogens is 1. The maximum absolute atomic E-state index is 4.73. The maximum Gasteiger partial charge on any atom is 0.152 e. The van der Waals surface area contributed by atoms with E-state index in [0.29, 0.717) is 0 Å². The third-order valence-corrected chi connectivity index (χ3v) is 6.35. The van der Waals surface area contributed by atoms with Crippen molar-refractivity contribution in [2.45, 2.75) is 0 Å². The molecule has 2 nitrogen and oxygen atoms in total. The summed E-state index contributed by atoms with van der Waals surface area (Å²) in [6.07, 6.45) is 0. The molecule has 22 heavy (non-hydrogen) atoms. The average Bonchev–Trinajstić information content (AvgIpc) is 3.27. The van der Waals surface area contributed by atoms with Crippen LogP contribution in [-0.4, -0.2) is 9.97 Å². The van der Waals surface area contributed by atoms with E-state index in [2.05, 4.69) is 50.3 Å². The second-order valence-corrected chi connectivity index (χ2v) is 8.14. The summed E-state index contributed by atoms with van der Waals surface area (Å²) in [5.41, 5.74) is 3.16. The third kappa shape index (κ3) is 2.79. The number of thiophene rings is 1. The summed E-state index contributed by atoms with van der Waals surface area (Å²) in [5, 5.41) is 8.22. The predicted molar refractivity (Wildman–Crippen MR) is 99.7 cm³/mol. The zero-order valence-corrected chi connectivity index (χ0v) is 15.2. The fourth-order valence-corrected chi connectivity index (χ4v) is 4.76. The first-order chi connectivity index (χ1) is 10.8. The zero-order chi connectivity index (χ0) is 14.9. The van der Waals surface area contributed by atoms with Crippen molar-refractivity contribution in [1.82, 2.24) is 9.97 Å². The van der Waals surface area contributed by atoms with Gasteiger partial charge in [-0.25, -0.2) is 9.97 Å². The molecule has 0 unspecified atom stereocenters. The quantitative estimate of drug-likeness (QED) is 0.393. The first-order valence-electron chi connectivity index (χ1n) is 6.51. The van der Waals surface area contributed by atoms with Gasteiger partial charge >= 0.3 is 0 Å². The summed E-state index contributed by atoms with van der Waals surface area (Å²) in [5.74, 6) is 0. The minimum atomic E-state index is 0.978. The van der Waals surface area contributed by atoms with E-state index in [1.54, 1.807) is 34.0 Å². The fraction of sp³-hybridized carbons (Fsp3) is 0. The van der Waals surface area contributed by atoms with Crippen molar-refractivity contribution < 1.29 is 0 Å². The molecule has 4 aromatic rings. The Balaban J connectivity index is 1.65. The van der Waals surface area contributed by atoms with E-state index in [9.17, 15) is 0 Å². The molecule has 0 aliphatic carbocycles. The summed E-state index contributed by atoms with van der Waals surface area (Å²) < 4.78 is 1.08. The highest BCUT2D eigenvalue weighted by atomic mass is 79.9. The maximum atomic E-state index is 4.73. The van der Waals surface area contributed by atoms with Gasteiger partial charge < -0.3 is 0 Å². The van der Waals surface area contributed by atoms with Crippen LogP contribution < -0.4 is 0 Å². The average molecular weight is 405 g/mol. The van der Waals surface area contributed by atoms with Crippen LogP contribution in [0.3, 0.4) is 0 Å². The standard InChI is InChI=1S/C16H9BrN2S3/c17-11-5-3-10(4-6-11)12-8-21-15(18-12)16-19-13(9-22-16)14-2-1-7-20-14/h1-9H. The molecule has 4 rings (SSSR count). The Bertz CT molecular complexity index is 892. The van der Waals surface area contributed by atoms with Gasteiger partial charge in [0.1, 0.15) is 0 Å². The van der Waals surface area contributed by atoms with Gasteiger partial charge in [-0.2, -0.15) is 0 Å². The molecule has 1 aromatic carbocycles. The molecule has 3 heterocycles. The lowest BCUT2D eigenvalue weighted by Gasteiger charge is -1.96. The van der Waals surface area contributed by atoms with E-state index in [0.717, 1.165) is 31.4 Å². The van der Waals surface area contributed by atoms with Gasteiger partial charge in [0.05, 0.1) is 16.3 Å². The van der Waals surface area contributed by atoms with E-state index in [4.69, 9.17) is 9.97 Å². The van der Waals surface area contributed by atoms with Crippen LogP contribution in [0, 0.1) is 0 Å². The topological polar surface area (TPSA) is 25.8 Å². The van der Waals surface area contributed by atoms with Gasteiger partial charge in [0.2, 0.25) is 0 Å². The van der Waals surface area contributed by atoms with Crippen LogP contribution in [0.15, 0.2) is 57.0 Å². The van der Waals surface area contributed by atoms with E-state index >= 15 is 0 Å². The van der Waals surface area contributed by atoms with E-state index in [-0.39, 0.29) is 0 Å². The number of hydrogen-bond acceptors (Lipinski definition) is 5. The Morgan fingerprint density at radius 3 is 2.14 bits per heavy atom. The Morgan fingerprint density at radius 1 is 0.773 bits per heavy atom. The highest BCUT2D eigenvalue weighted by Crippen LogP contribution is 2.34. The highest BCUT2D eigenvalue weighted by molar-refractivity contribution is 9.10. The van der Waals surface area contributed by atoms with E-state index in [1.807, 2.05) is 18.2 Å². The number of benzene rings is 1. The van der Waals surface area contributed by atoms with E-state index in [1.165, 1.54) is 4.88 Å².